The van der Waals surface area contributed by atoms with Crippen LogP contribution in [0.4, 0.5) is 24.5 Å². The third-order valence-electron chi connectivity index (χ3n) is 5.20. The van der Waals surface area contributed by atoms with Gasteiger partial charge in [-0.05, 0) is 49.2 Å². The molecule has 3 amide bonds. The Morgan fingerprint density at radius 1 is 1.13 bits per heavy atom. The molecule has 0 bridgehead atoms. The van der Waals surface area contributed by atoms with Gasteiger partial charge in [-0.15, -0.1) is 0 Å². The van der Waals surface area contributed by atoms with E-state index in [-0.39, 0.29) is 30.1 Å². The lowest BCUT2D eigenvalue weighted by molar-refractivity contribution is -0.123. The lowest BCUT2D eigenvalue weighted by atomic mass is 10.1. The van der Waals surface area contributed by atoms with E-state index in [1.165, 1.54) is 24.3 Å². The normalized spacial score (nSPS) is 16.4. The van der Waals surface area contributed by atoms with Crippen LogP contribution in [0.3, 0.4) is 0 Å². The van der Waals surface area contributed by atoms with Crippen molar-refractivity contribution in [2.24, 2.45) is 5.92 Å². The van der Waals surface area contributed by atoms with Crippen LogP contribution in [-0.2, 0) is 9.59 Å². The first-order valence-corrected chi connectivity index (χ1v) is 9.67. The van der Waals surface area contributed by atoms with Crippen LogP contribution < -0.4 is 15.5 Å². The Morgan fingerprint density at radius 3 is 2.55 bits per heavy atom. The molecule has 0 aromatic heterocycles. The van der Waals surface area contributed by atoms with Crippen molar-refractivity contribution in [3.8, 4) is 0 Å². The lowest BCUT2D eigenvalue weighted by Crippen LogP contribution is -2.33. The number of nitrogens with zero attached hydrogens (tertiary/aromatic N) is 1. The van der Waals surface area contributed by atoms with E-state index < -0.39 is 30.5 Å². The summed E-state index contributed by atoms with van der Waals surface area (Å²) in [5.41, 5.74) is 3.03. The van der Waals surface area contributed by atoms with Crippen LogP contribution in [0, 0.1) is 19.8 Å². The highest BCUT2D eigenvalue weighted by molar-refractivity contribution is 6.04. The Balaban J connectivity index is 1.66. The fourth-order valence-corrected chi connectivity index (χ4v) is 3.41. The average molecular weight is 433 g/mol. The van der Waals surface area contributed by atoms with Gasteiger partial charge in [-0.1, -0.05) is 18.2 Å². The van der Waals surface area contributed by atoms with E-state index in [4.69, 9.17) is 0 Å². The van der Waals surface area contributed by atoms with Gasteiger partial charge in [0.15, 0.2) is 0 Å². The van der Waals surface area contributed by atoms with Gasteiger partial charge in [-0.3, -0.25) is 14.4 Å². The molecule has 1 aliphatic rings. The highest BCUT2D eigenvalue weighted by Crippen LogP contribution is 2.30. The first-order chi connectivity index (χ1) is 14.5. The average Bonchev–Trinajstić information content (AvgIpc) is 3.09. The van der Waals surface area contributed by atoms with E-state index in [0.717, 1.165) is 16.8 Å². The molecule has 2 aromatic rings. The van der Waals surface area contributed by atoms with Crippen LogP contribution in [0.1, 0.15) is 27.9 Å². The molecule has 1 saturated heterocycles. The van der Waals surface area contributed by atoms with Crippen LogP contribution >= 0.6 is 0 Å². The second-order valence-electron chi connectivity index (χ2n) is 7.49. The summed E-state index contributed by atoms with van der Waals surface area (Å²) >= 11 is 0. The molecule has 6 nitrogen and oxygen atoms in total. The third-order valence-corrected chi connectivity index (χ3v) is 5.20. The van der Waals surface area contributed by atoms with Gasteiger partial charge >= 0.3 is 6.18 Å². The number of nitrogens with one attached hydrogen (secondary N) is 2. The third kappa shape index (κ3) is 5.42. The maximum Gasteiger partial charge on any atom is 0.405 e. The molecule has 0 spiro atoms. The smallest absolute Gasteiger partial charge is 0.343 e. The minimum Gasteiger partial charge on any atom is -0.343 e. The van der Waals surface area contributed by atoms with Crippen LogP contribution in [0.25, 0.3) is 0 Å². The van der Waals surface area contributed by atoms with Gasteiger partial charge < -0.3 is 15.5 Å². The molecule has 2 N–H and O–H groups in total. The monoisotopic (exact) mass is 433 g/mol. The second-order valence-corrected chi connectivity index (χ2v) is 7.49. The van der Waals surface area contributed by atoms with Crippen molar-refractivity contribution < 1.29 is 27.6 Å². The molecular weight excluding hydrogens is 411 g/mol. The number of hydrogen-bond acceptors (Lipinski definition) is 3. The summed E-state index contributed by atoms with van der Waals surface area (Å²) in [6, 6.07) is 11.3. The van der Waals surface area contributed by atoms with Crippen LogP contribution in [0.15, 0.2) is 42.5 Å². The summed E-state index contributed by atoms with van der Waals surface area (Å²) in [4.78, 5) is 38.7. The summed E-state index contributed by atoms with van der Waals surface area (Å²) in [6.07, 6.45) is -4.47. The Kier molecular flexibility index (Phi) is 6.33. The molecule has 0 saturated carbocycles. The number of benzene rings is 2. The Bertz CT molecular complexity index is 1020. The largest absolute Gasteiger partial charge is 0.405 e. The van der Waals surface area contributed by atoms with Crippen molar-refractivity contribution in [2.75, 3.05) is 23.3 Å². The predicted molar refractivity (Wildman–Crippen MR) is 110 cm³/mol. The fourth-order valence-electron chi connectivity index (χ4n) is 3.41. The highest BCUT2D eigenvalue weighted by atomic mass is 19.4. The van der Waals surface area contributed by atoms with Crippen molar-refractivity contribution in [1.82, 2.24) is 5.32 Å². The summed E-state index contributed by atoms with van der Waals surface area (Å²) in [5.74, 6) is -2.04. The minimum absolute atomic E-state index is 0.0124. The first kappa shape index (κ1) is 22.3. The molecule has 1 atom stereocenters. The first-order valence-electron chi connectivity index (χ1n) is 9.67. The predicted octanol–water partition coefficient (Wildman–Crippen LogP) is 3.59. The Hall–Kier alpha value is -3.36. The van der Waals surface area contributed by atoms with Crippen LogP contribution in [0.2, 0.25) is 0 Å². The maximum atomic E-state index is 12.7. The number of amides is 3. The van der Waals surface area contributed by atoms with Gasteiger partial charge in [-0.2, -0.15) is 13.2 Å². The molecule has 1 aliphatic heterocycles. The topological polar surface area (TPSA) is 78.5 Å². The molecule has 0 radical (unpaired) electrons. The van der Waals surface area contributed by atoms with Gasteiger partial charge in [-0.25, -0.2) is 0 Å². The zero-order valence-electron chi connectivity index (χ0n) is 17.0. The Morgan fingerprint density at radius 2 is 1.84 bits per heavy atom. The zero-order chi connectivity index (χ0) is 22.8. The van der Waals surface area contributed by atoms with Gasteiger partial charge in [0.2, 0.25) is 11.8 Å². The van der Waals surface area contributed by atoms with E-state index in [2.05, 4.69) is 5.32 Å². The number of anilines is 2. The molecule has 0 aliphatic carbocycles. The molecule has 31 heavy (non-hydrogen) atoms. The molecule has 2 aromatic carbocycles. The van der Waals surface area contributed by atoms with Crippen molar-refractivity contribution >= 4 is 29.1 Å². The van der Waals surface area contributed by atoms with Gasteiger partial charge in [0.25, 0.3) is 5.91 Å². The number of aryl methyl sites for hydroxylation is 1. The molecular formula is C22H22F3N3O3. The number of rotatable bonds is 5. The van der Waals surface area contributed by atoms with E-state index in [1.807, 2.05) is 32.0 Å². The number of alkyl halides is 3. The standard InChI is InChI=1S/C22H22F3N3O3/c1-13-5-3-8-18(14(13)2)28-11-16(10-19(28)29)21(31)27-17-7-4-6-15(9-17)20(30)26-12-22(23,24)25/h3-9,16H,10-12H2,1-2H3,(H,26,30)(H,27,31). The van der Waals surface area contributed by atoms with E-state index in [9.17, 15) is 27.6 Å². The number of carbonyl (C=O) groups excluding carboxylic acids is 3. The summed E-state index contributed by atoms with van der Waals surface area (Å²) < 4.78 is 36.9. The van der Waals surface area contributed by atoms with Gasteiger partial charge in [0.05, 0.1) is 5.92 Å². The number of hydrogen-bond donors (Lipinski definition) is 2. The molecule has 164 valence electrons. The molecule has 1 unspecified atom stereocenters. The molecule has 1 fully saturated rings. The number of halogens is 3. The summed E-state index contributed by atoms with van der Waals surface area (Å²) in [5, 5.41) is 4.44. The Labute approximate surface area is 177 Å². The van der Waals surface area contributed by atoms with Crippen molar-refractivity contribution in [3.63, 3.8) is 0 Å². The van der Waals surface area contributed by atoms with Crippen molar-refractivity contribution in [1.29, 1.82) is 0 Å². The van der Waals surface area contributed by atoms with Gasteiger partial charge in [0, 0.05) is 29.9 Å². The quantitative estimate of drug-likeness (QED) is 0.757. The molecule has 9 heteroatoms. The highest BCUT2D eigenvalue weighted by Gasteiger charge is 2.36. The zero-order valence-corrected chi connectivity index (χ0v) is 17.0. The van der Waals surface area contributed by atoms with E-state index >= 15 is 0 Å². The van der Waals surface area contributed by atoms with E-state index in [0.29, 0.717) is 0 Å². The lowest BCUT2D eigenvalue weighted by Gasteiger charge is -2.20. The summed E-state index contributed by atoms with van der Waals surface area (Å²) in [7, 11) is 0. The minimum atomic E-state index is -4.52. The summed E-state index contributed by atoms with van der Waals surface area (Å²) in [6.45, 7) is 2.64. The number of carbonyl (C=O) groups is 3. The van der Waals surface area contributed by atoms with Crippen molar-refractivity contribution in [2.45, 2.75) is 26.4 Å². The van der Waals surface area contributed by atoms with Crippen LogP contribution in [-0.4, -0.2) is 37.0 Å². The molecule has 3 rings (SSSR count). The fraction of sp³-hybridized carbons (Fsp3) is 0.318. The maximum absolute atomic E-state index is 12.7. The van der Waals surface area contributed by atoms with Crippen molar-refractivity contribution in [3.05, 3.63) is 59.2 Å². The van der Waals surface area contributed by atoms with Crippen LogP contribution in [0.5, 0.6) is 0 Å². The molecule has 1 heterocycles. The van der Waals surface area contributed by atoms with Gasteiger partial charge in [0.1, 0.15) is 6.54 Å². The second kappa shape index (κ2) is 8.79. The SMILES string of the molecule is Cc1cccc(N2CC(C(=O)Nc3cccc(C(=O)NCC(F)(F)F)c3)CC2=O)c1C. The van der Waals surface area contributed by atoms with E-state index in [1.54, 1.807) is 10.2 Å².